The van der Waals surface area contributed by atoms with Gasteiger partial charge >= 0.3 is 0 Å². The number of rotatable bonds is 2. The molecule has 0 amide bonds. The summed E-state index contributed by atoms with van der Waals surface area (Å²) in [6.07, 6.45) is 3.71. The summed E-state index contributed by atoms with van der Waals surface area (Å²) in [4.78, 5) is 8.40. The van der Waals surface area contributed by atoms with Crippen LogP contribution in [0.15, 0.2) is 17.8 Å². The monoisotopic (exact) mass is 194 g/mol. The van der Waals surface area contributed by atoms with Crippen LogP contribution in [0.1, 0.15) is 6.92 Å². The van der Waals surface area contributed by atoms with Crippen molar-refractivity contribution in [3.63, 3.8) is 0 Å². The summed E-state index contributed by atoms with van der Waals surface area (Å²) in [6.45, 7) is 2.97. The summed E-state index contributed by atoms with van der Waals surface area (Å²) in [5.74, 6) is 0.885. The maximum Gasteiger partial charge on any atom is 0.180 e. The normalized spacial score (nSPS) is 10.5. The van der Waals surface area contributed by atoms with E-state index in [0.717, 1.165) is 18.1 Å². The highest BCUT2D eigenvalue weighted by Gasteiger charge is 2.07. The summed E-state index contributed by atoms with van der Waals surface area (Å²) >= 11 is 1.44. The van der Waals surface area contributed by atoms with Crippen molar-refractivity contribution in [1.29, 1.82) is 0 Å². The predicted molar refractivity (Wildman–Crippen MR) is 53.4 cm³/mol. The van der Waals surface area contributed by atoms with Crippen LogP contribution in [-0.2, 0) is 6.54 Å². The molecule has 0 unspecified atom stereocenters. The Morgan fingerprint density at radius 1 is 1.62 bits per heavy atom. The maximum atomic E-state index is 5.55. The summed E-state index contributed by atoms with van der Waals surface area (Å²) in [5, 5.41) is 2.50. The minimum absolute atomic E-state index is 0.584. The molecule has 0 saturated carbocycles. The average molecular weight is 194 g/mol. The van der Waals surface area contributed by atoms with Crippen LogP contribution < -0.4 is 5.73 Å². The topological polar surface area (TPSA) is 56.7 Å². The Kier molecular flexibility index (Phi) is 2.02. The summed E-state index contributed by atoms with van der Waals surface area (Å²) in [7, 11) is 0. The Hall–Kier alpha value is -1.36. The van der Waals surface area contributed by atoms with E-state index in [1.54, 1.807) is 6.20 Å². The van der Waals surface area contributed by atoms with E-state index in [4.69, 9.17) is 5.73 Å². The van der Waals surface area contributed by atoms with Crippen molar-refractivity contribution >= 4 is 16.5 Å². The molecule has 0 aromatic carbocycles. The summed E-state index contributed by atoms with van der Waals surface area (Å²) in [6, 6.07) is 0. The first-order valence-corrected chi connectivity index (χ1v) is 4.91. The molecule has 13 heavy (non-hydrogen) atoms. The highest BCUT2D eigenvalue weighted by molar-refractivity contribution is 7.13. The smallest absolute Gasteiger partial charge is 0.180 e. The van der Waals surface area contributed by atoms with Gasteiger partial charge in [-0.1, -0.05) is 0 Å². The highest BCUT2D eigenvalue weighted by Crippen LogP contribution is 2.21. The lowest BCUT2D eigenvalue weighted by atomic mass is 10.4. The minimum atomic E-state index is 0.584. The van der Waals surface area contributed by atoms with Crippen molar-refractivity contribution < 1.29 is 0 Å². The molecular formula is C8H10N4S. The van der Waals surface area contributed by atoms with Crippen LogP contribution in [0, 0.1) is 0 Å². The van der Waals surface area contributed by atoms with Crippen molar-refractivity contribution in [1.82, 2.24) is 14.5 Å². The van der Waals surface area contributed by atoms with Gasteiger partial charge in [0, 0.05) is 24.3 Å². The van der Waals surface area contributed by atoms with Gasteiger partial charge in [-0.3, -0.25) is 0 Å². The highest BCUT2D eigenvalue weighted by atomic mass is 32.1. The number of nitrogen functional groups attached to an aromatic ring is 1. The van der Waals surface area contributed by atoms with E-state index in [1.165, 1.54) is 11.3 Å². The second kappa shape index (κ2) is 3.18. The van der Waals surface area contributed by atoms with Gasteiger partial charge < -0.3 is 10.3 Å². The van der Waals surface area contributed by atoms with Gasteiger partial charge in [0.05, 0.1) is 0 Å². The number of nitrogens with two attached hydrogens (primary N) is 1. The zero-order valence-electron chi connectivity index (χ0n) is 7.27. The minimum Gasteiger partial charge on any atom is -0.375 e. The van der Waals surface area contributed by atoms with Crippen molar-refractivity contribution in [2.24, 2.45) is 0 Å². The number of hydrogen-bond acceptors (Lipinski definition) is 4. The fourth-order valence-electron chi connectivity index (χ4n) is 1.19. The quantitative estimate of drug-likeness (QED) is 0.790. The molecule has 2 heterocycles. The third-order valence-electron chi connectivity index (χ3n) is 1.81. The fraction of sp³-hybridized carbons (Fsp3) is 0.250. The van der Waals surface area contributed by atoms with Crippen LogP contribution in [0.4, 0.5) is 5.13 Å². The molecule has 0 aliphatic rings. The Labute approximate surface area is 80.1 Å². The molecule has 0 aliphatic heterocycles. The van der Waals surface area contributed by atoms with Gasteiger partial charge in [0.2, 0.25) is 0 Å². The number of thiazole rings is 1. The molecule has 2 aromatic heterocycles. The van der Waals surface area contributed by atoms with Gasteiger partial charge in [-0.05, 0) is 6.92 Å². The second-order valence-corrected chi connectivity index (χ2v) is 3.50. The van der Waals surface area contributed by atoms with E-state index < -0.39 is 0 Å². The first-order valence-electron chi connectivity index (χ1n) is 4.03. The SMILES string of the molecule is CCn1ccnc1-c1csc(N)n1. The molecule has 0 radical (unpaired) electrons. The van der Waals surface area contributed by atoms with E-state index in [9.17, 15) is 0 Å². The Morgan fingerprint density at radius 2 is 2.46 bits per heavy atom. The van der Waals surface area contributed by atoms with E-state index in [2.05, 4.69) is 16.9 Å². The van der Waals surface area contributed by atoms with Crippen LogP contribution in [0.3, 0.4) is 0 Å². The molecule has 0 aliphatic carbocycles. The molecule has 68 valence electrons. The number of aryl methyl sites for hydroxylation is 1. The maximum absolute atomic E-state index is 5.55. The molecule has 0 spiro atoms. The number of hydrogen-bond donors (Lipinski definition) is 1. The number of imidazole rings is 1. The molecule has 2 rings (SSSR count). The molecule has 4 nitrogen and oxygen atoms in total. The molecule has 0 atom stereocenters. The molecule has 0 fully saturated rings. The van der Waals surface area contributed by atoms with E-state index in [-0.39, 0.29) is 0 Å². The van der Waals surface area contributed by atoms with Gasteiger partial charge in [0.1, 0.15) is 5.69 Å². The first kappa shape index (κ1) is 8.25. The van der Waals surface area contributed by atoms with Gasteiger partial charge in [0.25, 0.3) is 0 Å². The van der Waals surface area contributed by atoms with Crippen molar-refractivity contribution in [3.05, 3.63) is 17.8 Å². The van der Waals surface area contributed by atoms with Gasteiger partial charge in [0.15, 0.2) is 11.0 Å². The van der Waals surface area contributed by atoms with Gasteiger partial charge in [-0.15, -0.1) is 11.3 Å². The first-order chi connectivity index (χ1) is 6.31. The Balaban J connectivity index is 2.45. The number of aromatic nitrogens is 3. The van der Waals surface area contributed by atoms with Gasteiger partial charge in [-0.2, -0.15) is 0 Å². The molecule has 5 heteroatoms. The summed E-state index contributed by atoms with van der Waals surface area (Å²) < 4.78 is 2.04. The van der Waals surface area contributed by atoms with Crippen molar-refractivity contribution in [2.45, 2.75) is 13.5 Å². The molecule has 0 saturated heterocycles. The van der Waals surface area contributed by atoms with Crippen LogP contribution in [0.25, 0.3) is 11.5 Å². The molecular weight excluding hydrogens is 184 g/mol. The zero-order chi connectivity index (χ0) is 9.26. The van der Waals surface area contributed by atoms with E-state index in [0.29, 0.717) is 5.13 Å². The second-order valence-electron chi connectivity index (χ2n) is 2.61. The lowest BCUT2D eigenvalue weighted by Gasteiger charge is -1.99. The average Bonchev–Trinajstić information content (AvgIpc) is 2.71. The lowest BCUT2D eigenvalue weighted by molar-refractivity contribution is 0.769. The van der Waals surface area contributed by atoms with E-state index >= 15 is 0 Å². The fourth-order valence-corrected chi connectivity index (χ4v) is 1.73. The van der Waals surface area contributed by atoms with Crippen molar-refractivity contribution in [2.75, 3.05) is 5.73 Å². The van der Waals surface area contributed by atoms with Crippen molar-refractivity contribution in [3.8, 4) is 11.5 Å². The van der Waals surface area contributed by atoms with E-state index in [1.807, 2.05) is 16.1 Å². The Morgan fingerprint density at radius 3 is 3.08 bits per heavy atom. The van der Waals surface area contributed by atoms with Crippen LogP contribution in [0.5, 0.6) is 0 Å². The standard InChI is InChI=1S/C8H10N4S/c1-2-12-4-3-10-7(12)6-5-13-8(9)11-6/h3-5H,2H2,1H3,(H2,9,11). The largest absolute Gasteiger partial charge is 0.375 e. The van der Waals surface area contributed by atoms with Gasteiger partial charge in [-0.25, -0.2) is 9.97 Å². The molecule has 2 aromatic rings. The number of anilines is 1. The number of nitrogens with zero attached hydrogens (tertiary/aromatic N) is 3. The summed E-state index contributed by atoms with van der Waals surface area (Å²) in [5.41, 5.74) is 6.40. The van der Waals surface area contributed by atoms with Crippen LogP contribution >= 0.6 is 11.3 Å². The van der Waals surface area contributed by atoms with Crippen LogP contribution in [-0.4, -0.2) is 14.5 Å². The third-order valence-corrected chi connectivity index (χ3v) is 2.48. The Bertz CT molecular complexity index is 404. The zero-order valence-corrected chi connectivity index (χ0v) is 8.08. The third kappa shape index (κ3) is 1.42. The van der Waals surface area contributed by atoms with Crippen LogP contribution in [0.2, 0.25) is 0 Å². The lowest BCUT2D eigenvalue weighted by Crippen LogP contribution is -1.96. The molecule has 2 N–H and O–H groups in total. The molecule has 0 bridgehead atoms. The predicted octanol–water partition coefficient (Wildman–Crippen LogP) is 1.61.